The minimum atomic E-state index is -3.26. The maximum absolute atomic E-state index is 12.7. The van der Waals surface area contributed by atoms with Crippen molar-refractivity contribution in [3.63, 3.8) is 0 Å². The molecule has 0 saturated heterocycles. The van der Waals surface area contributed by atoms with Crippen molar-refractivity contribution < 1.29 is 13.2 Å². The topological polar surface area (TPSA) is 51.2 Å². The summed E-state index contributed by atoms with van der Waals surface area (Å²) in [5, 5.41) is 0. The van der Waals surface area contributed by atoms with Gasteiger partial charge in [0.2, 0.25) is 0 Å². The molecule has 3 nitrogen and oxygen atoms in total. The Morgan fingerprint density at radius 2 is 1.91 bits per heavy atom. The monoisotopic (exact) mass is 334 g/mol. The van der Waals surface area contributed by atoms with Crippen LogP contribution in [-0.4, -0.2) is 20.0 Å². The minimum Gasteiger partial charge on any atom is -0.299 e. The van der Waals surface area contributed by atoms with Gasteiger partial charge < -0.3 is 0 Å². The van der Waals surface area contributed by atoms with Crippen LogP contribution in [0.15, 0.2) is 35.2 Å². The summed E-state index contributed by atoms with van der Waals surface area (Å²) in [5.74, 6) is 1.15. The number of hydrogen-bond acceptors (Lipinski definition) is 3. The number of benzene rings is 1. The molecule has 0 aliphatic heterocycles. The van der Waals surface area contributed by atoms with Gasteiger partial charge in [-0.05, 0) is 55.1 Å². The van der Waals surface area contributed by atoms with Crippen molar-refractivity contribution in [2.24, 2.45) is 23.2 Å². The second-order valence-corrected chi connectivity index (χ2v) is 9.67. The molecule has 4 heteroatoms. The predicted octanol–water partition coefficient (Wildman–Crippen LogP) is 3.88. The van der Waals surface area contributed by atoms with Gasteiger partial charge in [-0.3, -0.25) is 4.79 Å². The number of rotatable bonds is 4. The van der Waals surface area contributed by atoms with E-state index in [9.17, 15) is 13.2 Å². The van der Waals surface area contributed by atoms with Crippen molar-refractivity contribution in [1.29, 1.82) is 0 Å². The van der Waals surface area contributed by atoms with Crippen molar-refractivity contribution in [2.75, 3.05) is 5.75 Å². The lowest BCUT2D eigenvalue weighted by atomic mass is 9.62. The number of hydrogen-bond donors (Lipinski definition) is 0. The van der Waals surface area contributed by atoms with Crippen LogP contribution in [-0.2, 0) is 14.6 Å². The Labute approximate surface area is 139 Å². The Bertz CT molecular complexity index is 680. The molecule has 0 amide bonds. The fraction of sp³-hybridized carbons (Fsp3) is 0.632. The lowest BCUT2D eigenvalue weighted by Gasteiger charge is -2.42. The molecule has 0 spiro atoms. The molecule has 2 aliphatic carbocycles. The largest absolute Gasteiger partial charge is 0.299 e. The van der Waals surface area contributed by atoms with Crippen LogP contribution in [0.25, 0.3) is 0 Å². The highest BCUT2D eigenvalue weighted by atomic mass is 32.2. The Hall–Kier alpha value is -1.16. The van der Waals surface area contributed by atoms with Gasteiger partial charge in [0, 0.05) is 12.3 Å². The fourth-order valence-corrected chi connectivity index (χ4v) is 6.78. The van der Waals surface area contributed by atoms with Gasteiger partial charge >= 0.3 is 0 Å². The number of carbonyl (C=O) groups excluding carboxylic acids is 1. The predicted molar refractivity (Wildman–Crippen MR) is 90.8 cm³/mol. The number of carbonyl (C=O) groups is 1. The second-order valence-electron chi connectivity index (χ2n) is 7.63. The van der Waals surface area contributed by atoms with Crippen LogP contribution >= 0.6 is 0 Å². The van der Waals surface area contributed by atoms with Gasteiger partial charge in [-0.25, -0.2) is 8.42 Å². The zero-order chi connectivity index (χ0) is 16.7. The summed E-state index contributed by atoms with van der Waals surface area (Å²) in [6, 6.07) is 8.71. The van der Waals surface area contributed by atoms with Gasteiger partial charge in [0.1, 0.15) is 5.78 Å². The number of ketones is 1. The van der Waals surface area contributed by atoms with E-state index in [0.29, 0.717) is 23.0 Å². The molecule has 0 N–H and O–H groups in total. The quantitative estimate of drug-likeness (QED) is 0.839. The van der Waals surface area contributed by atoms with Crippen LogP contribution in [0.4, 0.5) is 0 Å². The first-order valence-corrected chi connectivity index (χ1v) is 10.3. The molecular weight excluding hydrogens is 308 g/mol. The Kier molecular flexibility index (Phi) is 4.39. The van der Waals surface area contributed by atoms with E-state index in [1.54, 1.807) is 24.3 Å². The van der Waals surface area contributed by atoms with Crippen molar-refractivity contribution in [3.05, 3.63) is 30.3 Å². The van der Waals surface area contributed by atoms with Gasteiger partial charge in [0.15, 0.2) is 9.84 Å². The Balaban J connectivity index is 1.79. The molecular formula is C19H26O3S. The molecule has 1 aromatic rings. The van der Waals surface area contributed by atoms with Crippen LogP contribution in [0.5, 0.6) is 0 Å². The maximum Gasteiger partial charge on any atom is 0.178 e. The Morgan fingerprint density at radius 3 is 2.61 bits per heavy atom. The van der Waals surface area contributed by atoms with Crippen LogP contribution in [0, 0.1) is 23.2 Å². The van der Waals surface area contributed by atoms with E-state index < -0.39 is 9.84 Å². The lowest BCUT2D eigenvalue weighted by molar-refractivity contribution is -0.129. The molecule has 23 heavy (non-hydrogen) atoms. The molecule has 2 saturated carbocycles. The normalized spacial score (nSPS) is 32.5. The average Bonchev–Trinajstić information content (AvgIpc) is 2.86. The van der Waals surface area contributed by atoms with Gasteiger partial charge in [0.05, 0.1) is 10.6 Å². The van der Waals surface area contributed by atoms with E-state index in [1.165, 1.54) is 0 Å². The van der Waals surface area contributed by atoms with E-state index in [2.05, 4.69) is 13.8 Å². The smallest absolute Gasteiger partial charge is 0.178 e. The highest BCUT2D eigenvalue weighted by Crippen LogP contribution is 2.56. The van der Waals surface area contributed by atoms with Crippen molar-refractivity contribution in [1.82, 2.24) is 0 Å². The van der Waals surface area contributed by atoms with Crippen molar-refractivity contribution in [3.8, 4) is 0 Å². The molecule has 3 rings (SSSR count). The minimum absolute atomic E-state index is 0.000950. The number of Topliss-reactive ketones (excluding diaryl/α,β-unsaturated/α-hetero) is 1. The second kappa shape index (κ2) is 6.04. The zero-order valence-corrected chi connectivity index (χ0v) is 14.8. The third kappa shape index (κ3) is 2.98. The van der Waals surface area contributed by atoms with Gasteiger partial charge in [-0.2, -0.15) is 0 Å². The first-order chi connectivity index (χ1) is 10.8. The molecule has 2 aliphatic rings. The highest BCUT2D eigenvalue weighted by molar-refractivity contribution is 7.91. The maximum atomic E-state index is 12.7. The molecule has 0 bridgehead atoms. The number of sulfone groups is 1. The summed E-state index contributed by atoms with van der Waals surface area (Å²) >= 11 is 0. The Morgan fingerprint density at radius 1 is 1.22 bits per heavy atom. The van der Waals surface area contributed by atoms with E-state index in [4.69, 9.17) is 0 Å². The molecule has 1 aromatic carbocycles. The molecule has 0 aromatic heterocycles. The molecule has 4 atom stereocenters. The first kappa shape index (κ1) is 16.7. The third-order valence-corrected chi connectivity index (χ3v) is 8.16. The van der Waals surface area contributed by atoms with Crippen LogP contribution in [0.2, 0.25) is 0 Å². The molecule has 0 heterocycles. The lowest BCUT2D eigenvalue weighted by Crippen LogP contribution is -2.40. The van der Waals surface area contributed by atoms with Gasteiger partial charge in [-0.1, -0.05) is 32.0 Å². The summed E-state index contributed by atoms with van der Waals surface area (Å²) < 4.78 is 25.3. The molecule has 0 unspecified atom stereocenters. The standard InChI is InChI=1S/C19H26O3S/c1-14(13-23(21,22)15-7-4-3-5-8-15)16-10-11-17-18(20)9-6-12-19(16,17)2/h3-5,7-8,14,16-17H,6,9-13H2,1-2H3/t14-,16+,17-,19-/m1/s1. The summed E-state index contributed by atoms with van der Waals surface area (Å²) in [5.41, 5.74) is 0.000950. The fourth-order valence-electron chi connectivity index (χ4n) is 5.09. The summed E-state index contributed by atoms with van der Waals surface area (Å²) in [4.78, 5) is 12.6. The van der Waals surface area contributed by atoms with Crippen LogP contribution < -0.4 is 0 Å². The van der Waals surface area contributed by atoms with Crippen molar-refractivity contribution >= 4 is 15.6 Å². The van der Waals surface area contributed by atoms with Crippen molar-refractivity contribution in [2.45, 2.75) is 50.8 Å². The van der Waals surface area contributed by atoms with E-state index in [0.717, 1.165) is 25.7 Å². The third-order valence-electron chi connectivity index (χ3n) is 6.21. The summed E-state index contributed by atoms with van der Waals surface area (Å²) in [7, 11) is -3.26. The molecule has 0 radical (unpaired) electrons. The molecule has 2 fully saturated rings. The van der Waals surface area contributed by atoms with E-state index >= 15 is 0 Å². The molecule has 126 valence electrons. The van der Waals surface area contributed by atoms with Gasteiger partial charge in [0.25, 0.3) is 0 Å². The van der Waals surface area contributed by atoms with Gasteiger partial charge in [-0.15, -0.1) is 0 Å². The van der Waals surface area contributed by atoms with E-state index in [1.807, 2.05) is 6.07 Å². The zero-order valence-electron chi connectivity index (χ0n) is 14.0. The summed E-state index contributed by atoms with van der Waals surface area (Å²) in [6.07, 6.45) is 4.65. The average molecular weight is 334 g/mol. The number of fused-ring (bicyclic) bond motifs is 1. The first-order valence-electron chi connectivity index (χ1n) is 8.65. The SMILES string of the molecule is C[C@H](CS(=O)(=O)c1ccccc1)[C@@H]1CC[C@@H]2C(=O)CCC[C@@]21C. The highest BCUT2D eigenvalue weighted by Gasteiger charge is 2.52. The van der Waals surface area contributed by atoms with Crippen LogP contribution in [0.3, 0.4) is 0 Å². The van der Waals surface area contributed by atoms with Crippen LogP contribution in [0.1, 0.15) is 46.0 Å². The summed E-state index contributed by atoms with van der Waals surface area (Å²) in [6.45, 7) is 4.27. The van der Waals surface area contributed by atoms with E-state index in [-0.39, 0.29) is 23.0 Å².